The first-order chi connectivity index (χ1) is 5.77. The summed E-state index contributed by atoms with van der Waals surface area (Å²) in [5.41, 5.74) is 0. The first kappa shape index (κ1) is 8.92. The van der Waals surface area contributed by atoms with Gasteiger partial charge in [0.25, 0.3) is 0 Å². The molecular formula is C6H10N2O4. The summed E-state index contributed by atoms with van der Waals surface area (Å²) in [6.07, 6.45) is -0.566. The summed E-state index contributed by atoms with van der Waals surface area (Å²) in [5, 5.41) is 3.77. The number of nitrogens with zero attached hydrogens (tertiary/aromatic N) is 2. The lowest BCUT2D eigenvalue weighted by molar-refractivity contribution is -0.0906. The SMILES string of the molecule is CCOC(=O)N1CC(N=O)CO1. The first-order valence-corrected chi connectivity index (χ1v) is 3.67. The minimum absolute atomic E-state index is 0.155. The van der Waals surface area contributed by atoms with Crippen molar-refractivity contribution in [3.05, 3.63) is 4.91 Å². The molecule has 0 spiro atoms. The van der Waals surface area contributed by atoms with Crippen molar-refractivity contribution < 1.29 is 14.4 Å². The summed E-state index contributed by atoms with van der Waals surface area (Å²) in [6.45, 7) is 2.33. The third kappa shape index (κ3) is 1.91. The molecule has 0 aromatic carbocycles. The second kappa shape index (κ2) is 4.01. The number of hydroxylamine groups is 2. The van der Waals surface area contributed by atoms with E-state index < -0.39 is 12.1 Å². The van der Waals surface area contributed by atoms with Gasteiger partial charge in [-0.25, -0.2) is 4.79 Å². The number of ether oxygens (including phenoxy) is 1. The van der Waals surface area contributed by atoms with Gasteiger partial charge in [0.15, 0.2) is 0 Å². The van der Waals surface area contributed by atoms with Crippen molar-refractivity contribution in [2.24, 2.45) is 5.18 Å². The third-order valence-corrected chi connectivity index (χ3v) is 1.42. The first-order valence-electron chi connectivity index (χ1n) is 3.67. The fourth-order valence-corrected chi connectivity index (χ4v) is 0.859. The van der Waals surface area contributed by atoms with Gasteiger partial charge in [-0.05, 0) is 6.92 Å². The van der Waals surface area contributed by atoms with E-state index in [9.17, 15) is 9.70 Å². The molecule has 1 aliphatic rings. The predicted octanol–water partition coefficient (Wildman–Crippen LogP) is 0.525. The van der Waals surface area contributed by atoms with Crippen LogP contribution in [0.1, 0.15) is 6.92 Å². The molecule has 0 bridgehead atoms. The van der Waals surface area contributed by atoms with E-state index in [-0.39, 0.29) is 19.8 Å². The van der Waals surface area contributed by atoms with E-state index in [1.807, 2.05) is 0 Å². The van der Waals surface area contributed by atoms with Crippen LogP contribution in [0.2, 0.25) is 0 Å². The van der Waals surface area contributed by atoms with Crippen LogP contribution in [0.15, 0.2) is 5.18 Å². The van der Waals surface area contributed by atoms with Crippen LogP contribution in [0.4, 0.5) is 4.79 Å². The molecule has 1 saturated heterocycles. The Labute approximate surface area is 69.4 Å². The van der Waals surface area contributed by atoms with E-state index in [4.69, 9.17) is 4.84 Å². The van der Waals surface area contributed by atoms with Crippen LogP contribution in [0.25, 0.3) is 0 Å². The maximum atomic E-state index is 10.9. The van der Waals surface area contributed by atoms with Crippen LogP contribution in [0.5, 0.6) is 0 Å². The fraction of sp³-hybridized carbons (Fsp3) is 0.833. The molecule has 1 aliphatic heterocycles. The number of rotatable bonds is 2. The molecular weight excluding hydrogens is 164 g/mol. The van der Waals surface area contributed by atoms with Gasteiger partial charge < -0.3 is 4.74 Å². The summed E-state index contributed by atoms with van der Waals surface area (Å²) in [6, 6.07) is -0.464. The molecule has 1 fully saturated rings. The van der Waals surface area contributed by atoms with Gasteiger partial charge in [-0.2, -0.15) is 9.97 Å². The van der Waals surface area contributed by atoms with Crippen molar-refractivity contribution in [2.45, 2.75) is 13.0 Å². The van der Waals surface area contributed by atoms with Crippen molar-refractivity contribution in [3.63, 3.8) is 0 Å². The number of carbonyl (C=O) groups excluding carboxylic acids is 1. The van der Waals surface area contributed by atoms with E-state index in [2.05, 4.69) is 9.91 Å². The van der Waals surface area contributed by atoms with E-state index in [0.717, 1.165) is 5.06 Å². The Morgan fingerprint density at radius 1 is 1.83 bits per heavy atom. The molecule has 1 heterocycles. The van der Waals surface area contributed by atoms with Gasteiger partial charge in [-0.1, -0.05) is 5.18 Å². The molecule has 12 heavy (non-hydrogen) atoms. The van der Waals surface area contributed by atoms with Gasteiger partial charge >= 0.3 is 6.09 Å². The molecule has 1 atom stereocenters. The van der Waals surface area contributed by atoms with E-state index >= 15 is 0 Å². The van der Waals surface area contributed by atoms with Crippen molar-refractivity contribution in [3.8, 4) is 0 Å². The summed E-state index contributed by atoms with van der Waals surface area (Å²) in [4.78, 5) is 25.8. The Morgan fingerprint density at radius 2 is 2.58 bits per heavy atom. The molecule has 68 valence electrons. The van der Waals surface area contributed by atoms with Crippen LogP contribution in [0.3, 0.4) is 0 Å². The standard InChI is InChI=1S/C6H10N2O4/c1-2-11-6(9)8-3-5(7-10)4-12-8/h5H,2-4H2,1H3. The normalized spacial score (nSPS) is 22.4. The zero-order valence-electron chi connectivity index (χ0n) is 6.73. The van der Waals surface area contributed by atoms with Crippen LogP contribution < -0.4 is 0 Å². The van der Waals surface area contributed by atoms with Crippen molar-refractivity contribution in [1.82, 2.24) is 5.06 Å². The zero-order valence-corrected chi connectivity index (χ0v) is 6.73. The summed E-state index contributed by atoms with van der Waals surface area (Å²) >= 11 is 0. The number of hydrogen-bond donors (Lipinski definition) is 0. The molecule has 1 rings (SSSR count). The van der Waals surface area contributed by atoms with Crippen molar-refractivity contribution in [2.75, 3.05) is 19.8 Å². The van der Waals surface area contributed by atoms with Gasteiger partial charge in [0.2, 0.25) is 0 Å². The topological polar surface area (TPSA) is 68.2 Å². The van der Waals surface area contributed by atoms with Crippen molar-refractivity contribution >= 4 is 6.09 Å². The summed E-state index contributed by atoms with van der Waals surface area (Å²) in [7, 11) is 0. The lowest BCUT2D eigenvalue weighted by Crippen LogP contribution is -2.28. The molecule has 0 aromatic rings. The molecule has 0 aliphatic carbocycles. The highest BCUT2D eigenvalue weighted by Gasteiger charge is 2.29. The van der Waals surface area contributed by atoms with Gasteiger partial charge in [-0.15, -0.1) is 0 Å². The monoisotopic (exact) mass is 174 g/mol. The minimum Gasteiger partial charge on any atom is -0.448 e. The van der Waals surface area contributed by atoms with Crippen LogP contribution in [-0.2, 0) is 9.57 Å². The molecule has 0 radical (unpaired) electrons. The quantitative estimate of drug-likeness (QED) is 0.572. The highest BCUT2D eigenvalue weighted by Crippen LogP contribution is 2.09. The Hall–Kier alpha value is -1.17. The molecule has 6 nitrogen and oxygen atoms in total. The molecule has 1 amide bonds. The maximum absolute atomic E-state index is 10.9. The van der Waals surface area contributed by atoms with Crippen molar-refractivity contribution in [1.29, 1.82) is 0 Å². The number of nitroso groups, excluding NO2 is 1. The lowest BCUT2D eigenvalue weighted by atomic mass is 10.3. The number of carbonyl (C=O) groups is 1. The Balaban J connectivity index is 2.35. The summed E-state index contributed by atoms with van der Waals surface area (Å²) < 4.78 is 4.64. The van der Waals surface area contributed by atoms with Crippen LogP contribution in [0, 0.1) is 4.91 Å². The molecule has 0 saturated carbocycles. The second-order valence-electron chi connectivity index (χ2n) is 2.31. The second-order valence-corrected chi connectivity index (χ2v) is 2.31. The van der Waals surface area contributed by atoms with Gasteiger partial charge in [0, 0.05) is 0 Å². The van der Waals surface area contributed by atoms with E-state index in [1.165, 1.54) is 0 Å². The lowest BCUT2D eigenvalue weighted by Gasteiger charge is -2.11. The average molecular weight is 174 g/mol. The minimum atomic E-state index is -0.566. The predicted molar refractivity (Wildman–Crippen MR) is 39.3 cm³/mol. The number of amides is 1. The molecule has 6 heteroatoms. The third-order valence-electron chi connectivity index (χ3n) is 1.42. The van der Waals surface area contributed by atoms with E-state index in [0.29, 0.717) is 0 Å². The van der Waals surface area contributed by atoms with Gasteiger partial charge in [-0.3, -0.25) is 4.84 Å². The Morgan fingerprint density at radius 3 is 3.08 bits per heavy atom. The zero-order chi connectivity index (χ0) is 8.97. The fourth-order valence-electron chi connectivity index (χ4n) is 0.859. The number of hydrogen-bond acceptors (Lipinski definition) is 5. The largest absolute Gasteiger partial charge is 0.448 e. The average Bonchev–Trinajstić information content (AvgIpc) is 2.52. The Bertz CT molecular complexity index is 184. The van der Waals surface area contributed by atoms with E-state index in [1.54, 1.807) is 6.92 Å². The highest BCUT2D eigenvalue weighted by molar-refractivity contribution is 5.66. The van der Waals surface area contributed by atoms with Crippen LogP contribution in [-0.4, -0.2) is 37.0 Å². The van der Waals surface area contributed by atoms with Crippen LogP contribution >= 0.6 is 0 Å². The molecule has 1 unspecified atom stereocenters. The maximum Gasteiger partial charge on any atom is 0.434 e. The highest BCUT2D eigenvalue weighted by atomic mass is 16.7. The smallest absolute Gasteiger partial charge is 0.434 e. The molecule has 0 aromatic heterocycles. The van der Waals surface area contributed by atoms with Gasteiger partial charge in [0.05, 0.1) is 13.2 Å². The summed E-state index contributed by atoms with van der Waals surface area (Å²) in [5.74, 6) is 0. The molecule has 0 N–H and O–H groups in total. The van der Waals surface area contributed by atoms with Gasteiger partial charge in [0.1, 0.15) is 12.6 Å². The Kier molecular flexibility index (Phi) is 2.98.